The Hall–Kier alpha value is -3.37. The van der Waals surface area contributed by atoms with Gasteiger partial charge in [0.25, 0.3) is 0 Å². The van der Waals surface area contributed by atoms with Crippen LogP contribution in [-0.4, -0.2) is 52.6 Å². The van der Waals surface area contributed by atoms with Gasteiger partial charge in [0, 0.05) is 49.1 Å². The third kappa shape index (κ3) is 7.48. The monoisotopic (exact) mass is 576 g/mol. The van der Waals surface area contributed by atoms with Crippen LogP contribution in [-0.2, 0) is 19.8 Å². The van der Waals surface area contributed by atoms with Gasteiger partial charge in [0.2, 0.25) is 17.7 Å². The summed E-state index contributed by atoms with van der Waals surface area (Å²) in [6.45, 7) is 9.42. The van der Waals surface area contributed by atoms with Crippen molar-refractivity contribution in [3.63, 3.8) is 0 Å². The SMILES string of the molecule is CCC(=O)N1CC(C#Cc2cc(C(C)(C)C)ccc2N(C(=O)CCl)C(C(=O)NC2CCCCC2)c2cccnc2)C1. The number of halogens is 1. The number of anilines is 1. The summed E-state index contributed by atoms with van der Waals surface area (Å²) in [5.74, 6) is 5.88. The molecule has 1 unspecified atom stereocenters. The first-order chi connectivity index (χ1) is 19.6. The Morgan fingerprint density at radius 2 is 1.88 bits per heavy atom. The molecule has 2 aromatic rings. The molecule has 0 radical (unpaired) electrons. The van der Waals surface area contributed by atoms with Gasteiger partial charge in [-0.25, -0.2) is 0 Å². The third-order valence-electron chi connectivity index (χ3n) is 7.91. The van der Waals surface area contributed by atoms with Crippen molar-refractivity contribution in [3.05, 3.63) is 59.4 Å². The molecule has 3 amide bonds. The average molecular weight is 577 g/mol. The second-order valence-electron chi connectivity index (χ2n) is 12.0. The number of alkyl halides is 1. The van der Waals surface area contributed by atoms with Crippen molar-refractivity contribution in [1.29, 1.82) is 0 Å². The maximum Gasteiger partial charge on any atom is 0.248 e. The molecule has 1 saturated carbocycles. The Labute approximate surface area is 249 Å². The van der Waals surface area contributed by atoms with Gasteiger partial charge in [-0.05, 0) is 42.0 Å². The van der Waals surface area contributed by atoms with E-state index in [-0.39, 0.29) is 35.1 Å². The molecular weight excluding hydrogens is 536 g/mol. The quantitative estimate of drug-likeness (QED) is 0.355. The van der Waals surface area contributed by atoms with E-state index < -0.39 is 11.9 Å². The Morgan fingerprint density at radius 1 is 1.15 bits per heavy atom. The average Bonchev–Trinajstić information content (AvgIpc) is 2.95. The Kier molecular flexibility index (Phi) is 10.1. The minimum absolute atomic E-state index is 0.0533. The maximum atomic E-state index is 14.0. The topological polar surface area (TPSA) is 82.6 Å². The molecule has 41 heavy (non-hydrogen) atoms. The molecule has 1 aliphatic carbocycles. The molecule has 218 valence electrons. The van der Waals surface area contributed by atoms with E-state index >= 15 is 0 Å². The van der Waals surface area contributed by atoms with Crippen molar-refractivity contribution < 1.29 is 14.4 Å². The van der Waals surface area contributed by atoms with Crippen molar-refractivity contribution >= 4 is 35.0 Å². The highest BCUT2D eigenvalue weighted by molar-refractivity contribution is 6.30. The first-order valence-corrected chi connectivity index (χ1v) is 15.2. The van der Waals surface area contributed by atoms with E-state index in [1.807, 2.05) is 36.1 Å². The molecule has 2 fully saturated rings. The summed E-state index contributed by atoms with van der Waals surface area (Å²) in [4.78, 5) is 47.2. The van der Waals surface area contributed by atoms with E-state index in [2.05, 4.69) is 42.9 Å². The molecule has 1 saturated heterocycles. The number of rotatable bonds is 7. The lowest BCUT2D eigenvalue weighted by atomic mass is 9.85. The van der Waals surface area contributed by atoms with Crippen LogP contribution in [0.25, 0.3) is 0 Å². The Bertz CT molecular complexity index is 1300. The van der Waals surface area contributed by atoms with Gasteiger partial charge in [-0.3, -0.25) is 24.3 Å². The first-order valence-electron chi connectivity index (χ1n) is 14.6. The third-order valence-corrected chi connectivity index (χ3v) is 8.14. The van der Waals surface area contributed by atoms with E-state index in [0.717, 1.165) is 31.2 Å². The summed E-state index contributed by atoms with van der Waals surface area (Å²) in [7, 11) is 0. The number of nitrogens with one attached hydrogen (secondary N) is 1. The summed E-state index contributed by atoms with van der Waals surface area (Å²) >= 11 is 6.19. The fourth-order valence-corrected chi connectivity index (χ4v) is 5.58. The van der Waals surface area contributed by atoms with E-state index in [1.165, 1.54) is 11.3 Å². The highest BCUT2D eigenvalue weighted by atomic mass is 35.5. The van der Waals surface area contributed by atoms with Gasteiger partial charge in [-0.15, -0.1) is 11.6 Å². The molecular formula is C33H41ClN4O3. The summed E-state index contributed by atoms with van der Waals surface area (Å²) in [5, 5.41) is 3.21. The molecule has 2 heterocycles. The van der Waals surface area contributed by atoms with Gasteiger partial charge in [-0.1, -0.05) is 70.9 Å². The molecule has 0 bridgehead atoms. The van der Waals surface area contributed by atoms with Gasteiger partial charge in [0.05, 0.1) is 11.6 Å². The highest BCUT2D eigenvalue weighted by Gasteiger charge is 2.35. The largest absolute Gasteiger partial charge is 0.351 e. The van der Waals surface area contributed by atoms with Gasteiger partial charge >= 0.3 is 0 Å². The van der Waals surface area contributed by atoms with Crippen LogP contribution in [0.1, 0.15) is 89.0 Å². The van der Waals surface area contributed by atoms with Gasteiger partial charge in [-0.2, -0.15) is 0 Å². The van der Waals surface area contributed by atoms with Crippen LogP contribution in [0.4, 0.5) is 5.69 Å². The first kappa shape index (κ1) is 30.6. The van der Waals surface area contributed by atoms with Crippen molar-refractivity contribution in [2.75, 3.05) is 23.9 Å². The second-order valence-corrected chi connectivity index (χ2v) is 12.3. The number of carbonyl (C=O) groups is 3. The van der Waals surface area contributed by atoms with Gasteiger partial charge < -0.3 is 10.2 Å². The number of carbonyl (C=O) groups excluding carboxylic acids is 3. The summed E-state index contributed by atoms with van der Waals surface area (Å²) < 4.78 is 0. The van der Waals surface area contributed by atoms with Crippen LogP contribution in [0.2, 0.25) is 0 Å². The zero-order valence-corrected chi connectivity index (χ0v) is 25.3. The van der Waals surface area contributed by atoms with Gasteiger partial charge in [0.15, 0.2) is 0 Å². The van der Waals surface area contributed by atoms with E-state index in [0.29, 0.717) is 36.3 Å². The Morgan fingerprint density at radius 3 is 2.49 bits per heavy atom. The van der Waals surface area contributed by atoms with Crippen LogP contribution in [0.5, 0.6) is 0 Å². The molecule has 4 rings (SSSR count). The number of hydrogen-bond donors (Lipinski definition) is 1. The standard InChI is InChI=1S/C33H41ClN4O3/c1-5-29(39)37-21-23(22-37)13-14-24-18-26(33(2,3)4)15-16-28(24)38(30(40)19-34)31(25-10-9-17-35-20-25)32(41)36-27-11-7-6-8-12-27/h9-10,15-18,20,23,27,31H,5-8,11-12,19,21-22H2,1-4H3,(H,36,41). The molecule has 1 aromatic carbocycles. The minimum atomic E-state index is -0.959. The zero-order valence-electron chi connectivity index (χ0n) is 24.6. The molecule has 8 heteroatoms. The zero-order chi connectivity index (χ0) is 29.6. The highest BCUT2D eigenvalue weighted by Crippen LogP contribution is 2.34. The molecule has 1 N–H and O–H groups in total. The van der Waals surface area contributed by atoms with Gasteiger partial charge in [0.1, 0.15) is 11.9 Å². The summed E-state index contributed by atoms with van der Waals surface area (Å²) in [6.07, 6.45) is 8.91. The van der Waals surface area contributed by atoms with Crippen LogP contribution in [0.3, 0.4) is 0 Å². The fourth-order valence-electron chi connectivity index (χ4n) is 5.45. The molecule has 1 atom stereocenters. The molecule has 7 nitrogen and oxygen atoms in total. The summed E-state index contributed by atoms with van der Waals surface area (Å²) in [6, 6.07) is 8.55. The Balaban J connectivity index is 1.77. The van der Waals surface area contributed by atoms with E-state index in [4.69, 9.17) is 11.6 Å². The number of pyridine rings is 1. The van der Waals surface area contributed by atoms with Crippen LogP contribution in [0, 0.1) is 17.8 Å². The maximum absolute atomic E-state index is 14.0. The number of likely N-dealkylation sites (tertiary alicyclic amines) is 1. The molecule has 1 aromatic heterocycles. The van der Waals surface area contributed by atoms with Crippen LogP contribution in [0.15, 0.2) is 42.7 Å². The van der Waals surface area contributed by atoms with E-state index in [9.17, 15) is 14.4 Å². The fraction of sp³-hybridized carbons (Fsp3) is 0.515. The number of nitrogens with zero attached hydrogens (tertiary/aromatic N) is 3. The predicted molar refractivity (Wildman–Crippen MR) is 163 cm³/mol. The number of aromatic nitrogens is 1. The summed E-state index contributed by atoms with van der Waals surface area (Å²) in [5.41, 5.74) is 2.69. The lowest BCUT2D eigenvalue weighted by Crippen LogP contribution is -2.49. The minimum Gasteiger partial charge on any atom is -0.351 e. The van der Waals surface area contributed by atoms with E-state index in [1.54, 1.807) is 18.5 Å². The predicted octanol–water partition coefficient (Wildman–Crippen LogP) is 5.36. The van der Waals surface area contributed by atoms with Crippen LogP contribution < -0.4 is 10.2 Å². The van der Waals surface area contributed by atoms with Crippen LogP contribution >= 0.6 is 11.6 Å². The lowest BCUT2D eigenvalue weighted by Gasteiger charge is -2.36. The smallest absolute Gasteiger partial charge is 0.248 e. The normalized spacial score (nSPS) is 16.7. The molecule has 0 spiro atoms. The van der Waals surface area contributed by atoms with Crippen molar-refractivity contribution in [2.24, 2.45) is 5.92 Å². The number of hydrogen-bond acceptors (Lipinski definition) is 4. The lowest BCUT2D eigenvalue weighted by molar-refractivity contribution is -0.135. The molecule has 1 aliphatic heterocycles. The van der Waals surface area contributed by atoms with Crippen molar-refractivity contribution in [2.45, 2.75) is 83.7 Å². The number of benzene rings is 1. The second kappa shape index (κ2) is 13.5. The van der Waals surface area contributed by atoms with Crippen molar-refractivity contribution in [1.82, 2.24) is 15.2 Å². The van der Waals surface area contributed by atoms with Crippen molar-refractivity contribution in [3.8, 4) is 11.8 Å². The molecule has 2 aliphatic rings. The number of amides is 3.